The van der Waals surface area contributed by atoms with Crippen LogP contribution in [0.3, 0.4) is 0 Å². The minimum Gasteiger partial charge on any atom is -0.489 e. The lowest BCUT2D eigenvalue weighted by Crippen LogP contribution is -2.19. The fourth-order valence-corrected chi connectivity index (χ4v) is 1.28. The van der Waals surface area contributed by atoms with E-state index in [4.69, 9.17) is 15.6 Å². The van der Waals surface area contributed by atoms with E-state index >= 15 is 0 Å². The van der Waals surface area contributed by atoms with E-state index in [1.165, 1.54) is 6.07 Å². The third-order valence-corrected chi connectivity index (χ3v) is 1.94. The number of hydrogen-bond acceptors (Lipinski definition) is 3. The molecule has 5 nitrogen and oxygen atoms in total. The Balaban J connectivity index is 2.80. The highest BCUT2D eigenvalue weighted by Gasteiger charge is 2.13. The van der Waals surface area contributed by atoms with E-state index in [9.17, 15) is 9.59 Å². The molecule has 16 heavy (non-hydrogen) atoms. The van der Waals surface area contributed by atoms with Crippen molar-refractivity contribution in [3.05, 3.63) is 29.8 Å². The van der Waals surface area contributed by atoms with Crippen molar-refractivity contribution in [2.24, 2.45) is 5.73 Å². The number of rotatable bonds is 5. The summed E-state index contributed by atoms with van der Waals surface area (Å²) in [6.07, 6.45) is -0.648. The van der Waals surface area contributed by atoms with Crippen LogP contribution in [0.2, 0.25) is 0 Å². The normalized spacial score (nSPS) is 11.8. The Morgan fingerprint density at radius 2 is 2.06 bits per heavy atom. The number of carboxylic acid groups (broad SMARTS) is 1. The number of primary amides is 1. The van der Waals surface area contributed by atoms with Gasteiger partial charge in [-0.1, -0.05) is 12.1 Å². The molecule has 0 aliphatic heterocycles. The van der Waals surface area contributed by atoms with Gasteiger partial charge in [-0.25, -0.2) is 0 Å². The fourth-order valence-electron chi connectivity index (χ4n) is 1.28. The van der Waals surface area contributed by atoms with Crippen LogP contribution in [-0.2, 0) is 4.79 Å². The summed E-state index contributed by atoms with van der Waals surface area (Å²) in [6.45, 7) is 1.62. The quantitative estimate of drug-likeness (QED) is 0.780. The molecule has 1 aromatic carbocycles. The molecule has 0 aliphatic carbocycles. The molecule has 0 radical (unpaired) electrons. The summed E-state index contributed by atoms with van der Waals surface area (Å²) in [4.78, 5) is 21.5. The lowest BCUT2D eigenvalue weighted by Gasteiger charge is -2.14. The minimum atomic E-state index is -0.955. The molecule has 0 aromatic heterocycles. The van der Waals surface area contributed by atoms with Crippen LogP contribution >= 0.6 is 0 Å². The molecule has 0 saturated heterocycles. The average Bonchev–Trinajstić information content (AvgIpc) is 2.16. The fraction of sp³-hybridized carbons (Fsp3) is 0.273. The standard InChI is InChI=1S/C11H13NO4/c1-7(6-10(13)14)16-9-5-3-2-4-8(9)11(12)15/h2-5,7H,6H2,1H3,(H2,12,15)(H,13,14)/t7-/m0/s1. The molecule has 0 aliphatic rings. The number of carboxylic acids is 1. The molecule has 1 amide bonds. The molecule has 0 bridgehead atoms. The predicted octanol–water partition coefficient (Wildman–Crippen LogP) is 1.03. The van der Waals surface area contributed by atoms with Gasteiger partial charge >= 0.3 is 5.97 Å². The first-order valence-corrected chi connectivity index (χ1v) is 4.78. The number of aliphatic carboxylic acids is 1. The molecule has 3 N–H and O–H groups in total. The van der Waals surface area contributed by atoms with Gasteiger partial charge in [-0.2, -0.15) is 0 Å². The van der Waals surface area contributed by atoms with Crippen molar-refractivity contribution < 1.29 is 19.4 Å². The molecule has 1 atom stereocenters. The van der Waals surface area contributed by atoms with Crippen LogP contribution in [0.15, 0.2) is 24.3 Å². The van der Waals surface area contributed by atoms with Gasteiger partial charge in [0.25, 0.3) is 5.91 Å². The highest BCUT2D eigenvalue weighted by Crippen LogP contribution is 2.19. The van der Waals surface area contributed by atoms with E-state index in [-0.39, 0.29) is 12.0 Å². The first-order chi connectivity index (χ1) is 7.50. The van der Waals surface area contributed by atoms with Gasteiger partial charge in [-0.3, -0.25) is 9.59 Å². The Morgan fingerprint density at radius 1 is 1.44 bits per heavy atom. The number of nitrogens with two attached hydrogens (primary N) is 1. The minimum absolute atomic E-state index is 0.132. The van der Waals surface area contributed by atoms with Crippen molar-refractivity contribution in [1.29, 1.82) is 0 Å². The van der Waals surface area contributed by atoms with Crippen molar-refractivity contribution in [2.75, 3.05) is 0 Å². The van der Waals surface area contributed by atoms with E-state index in [1.54, 1.807) is 25.1 Å². The lowest BCUT2D eigenvalue weighted by atomic mass is 10.2. The van der Waals surface area contributed by atoms with E-state index in [0.717, 1.165) is 0 Å². The first-order valence-electron chi connectivity index (χ1n) is 4.78. The zero-order valence-electron chi connectivity index (χ0n) is 8.84. The van der Waals surface area contributed by atoms with E-state index in [2.05, 4.69) is 0 Å². The van der Waals surface area contributed by atoms with Crippen molar-refractivity contribution in [1.82, 2.24) is 0 Å². The van der Waals surface area contributed by atoms with Gasteiger partial charge in [0.05, 0.1) is 12.0 Å². The molecule has 0 unspecified atom stereocenters. The third kappa shape index (κ3) is 3.27. The van der Waals surface area contributed by atoms with Crippen LogP contribution < -0.4 is 10.5 Å². The van der Waals surface area contributed by atoms with E-state index in [0.29, 0.717) is 5.75 Å². The van der Waals surface area contributed by atoms with Gasteiger partial charge in [0.15, 0.2) is 0 Å². The largest absolute Gasteiger partial charge is 0.489 e. The smallest absolute Gasteiger partial charge is 0.307 e. The number of ether oxygens (including phenoxy) is 1. The molecule has 0 spiro atoms. The van der Waals surface area contributed by atoms with Crippen LogP contribution in [0.5, 0.6) is 5.75 Å². The lowest BCUT2D eigenvalue weighted by molar-refractivity contribution is -0.138. The van der Waals surface area contributed by atoms with Crippen LogP contribution in [0, 0.1) is 0 Å². The summed E-state index contributed by atoms with van der Waals surface area (Å²) in [5.74, 6) is -1.24. The molecule has 5 heteroatoms. The Bertz CT molecular complexity index is 403. The van der Waals surface area contributed by atoms with Crippen LogP contribution in [0.25, 0.3) is 0 Å². The Kier molecular flexibility index (Phi) is 3.88. The summed E-state index contributed by atoms with van der Waals surface area (Å²) in [5.41, 5.74) is 5.41. The number of hydrogen-bond donors (Lipinski definition) is 2. The zero-order valence-corrected chi connectivity index (χ0v) is 8.84. The van der Waals surface area contributed by atoms with Crippen LogP contribution in [0.1, 0.15) is 23.7 Å². The van der Waals surface area contributed by atoms with Crippen molar-refractivity contribution in [2.45, 2.75) is 19.4 Å². The maximum atomic E-state index is 11.1. The summed E-state index contributed by atoms with van der Waals surface area (Å²) >= 11 is 0. The summed E-state index contributed by atoms with van der Waals surface area (Å²) in [7, 11) is 0. The van der Waals surface area contributed by atoms with Crippen LogP contribution in [-0.4, -0.2) is 23.1 Å². The van der Waals surface area contributed by atoms with E-state index in [1.807, 2.05) is 0 Å². The van der Waals surface area contributed by atoms with Gasteiger partial charge in [0.2, 0.25) is 0 Å². The number of para-hydroxylation sites is 1. The highest BCUT2D eigenvalue weighted by atomic mass is 16.5. The second-order valence-electron chi connectivity index (χ2n) is 3.39. The molecular weight excluding hydrogens is 210 g/mol. The molecule has 0 heterocycles. The number of amides is 1. The van der Waals surface area contributed by atoms with Crippen molar-refractivity contribution >= 4 is 11.9 Å². The Hall–Kier alpha value is -2.04. The monoisotopic (exact) mass is 223 g/mol. The topological polar surface area (TPSA) is 89.6 Å². The summed E-state index contributed by atoms with van der Waals surface area (Å²) in [6, 6.07) is 6.47. The zero-order chi connectivity index (χ0) is 12.1. The Labute approximate surface area is 92.8 Å². The number of benzene rings is 1. The Morgan fingerprint density at radius 3 is 2.62 bits per heavy atom. The number of carbonyl (C=O) groups excluding carboxylic acids is 1. The maximum Gasteiger partial charge on any atom is 0.307 e. The van der Waals surface area contributed by atoms with Crippen LogP contribution in [0.4, 0.5) is 0 Å². The molecule has 1 aromatic rings. The van der Waals surface area contributed by atoms with Crippen molar-refractivity contribution in [3.63, 3.8) is 0 Å². The van der Waals surface area contributed by atoms with Gasteiger partial charge in [0, 0.05) is 0 Å². The maximum absolute atomic E-state index is 11.1. The van der Waals surface area contributed by atoms with Gasteiger partial charge in [-0.15, -0.1) is 0 Å². The predicted molar refractivity (Wildman–Crippen MR) is 57.3 cm³/mol. The molecular formula is C11H13NO4. The molecule has 86 valence electrons. The van der Waals surface area contributed by atoms with Gasteiger partial charge < -0.3 is 15.6 Å². The second kappa shape index (κ2) is 5.16. The van der Waals surface area contributed by atoms with Gasteiger partial charge in [-0.05, 0) is 19.1 Å². The second-order valence-corrected chi connectivity index (χ2v) is 3.39. The summed E-state index contributed by atoms with van der Waals surface area (Å²) < 4.78 is 5.34. The van der Waals surface area contributed by atoms with Gasteiger partial charge in [0.1, 0.15) is 11.9 Å². The average molecular weight is 223 g/mol. The molecule has 0 saturated carbocycles. The van der Waals surface area contributed by atoms with Crippen molar-refractivity contribution in [3.8, 4) is 5.75 Å². The first kappa shape index (κ1) is 12.0. The summed E-state index contributed by atoms with van der Waals surface area (Å²) in [5, 5.41) is 8.57. The SMILES string of the molecule is C[C@@H](CC(=O)O)Oc1ccccc1C(N)=O. The molecule has 0 fully saturated rings. The molecule has 1 rings (SSSR count). The third-order valence-electron chi connectivity index (χ3n) is 1.94. The van der Waals surface area contributed by atoms with E-state index < -0.39 is 18.0 Å². The highest BCUT2D eigenvalue weighted by molar-refractivity contribution is 5.95. The number of carbonyl (C=O) groups is 2.